The second kappa shape index (κ2) is 43.8. The van der Waals surface area contributed by atoms with Crippen LogP contribution in [-0.4, -0.2) is 48.9 Å². The number of hydrogen-bond acceptors (Lipinski definition) is 2. The van der Waals surface area contributed by atoms with Crippen molar-refractivity contribution in [2.75, 3.05) is 27.2 Å². The van der Waals surface area contributed by atoms with Gasteiger partial charge in [-0.2, -0.15) is 0 Å². The molecule has 1 amide bonds. The van der Waals surface area contributed by atoms with Crippen LogP contribution in [0.25, 0.3) is 0 Å². The molecule has 55 heavy (non-hydrogen) atoms. The van der Waals surface area contributed by atoms with E-state index in [2.05, 4.69) is 88.0 Å². The summed E-state index contributed by atoms with van der Waals surface area (Å²) in [7, 11) is 4.37. The molecule has 0 fully saturated rings. The van der Waals surface area contributed by atoms with E-state index in [1.165, 1.54) is 193 Å². The predicted molar refractivity (Wildman–Crippen MR) is 249 cm³/mol. The molecule has 3 nitrogen and oxygen atoms in total. The molecule has 0 aromatic carbocycles. The molecule has 0 aliphatic heterocycles. The summed E-state index contributed by atoms with van der Waals surface area (Å²) in [5, 5.41) is 0. The Labute approximate surface area is 347 Å². The normalized spacial score (nSPS) is 13.3. The Kier molecular flexibility index (Phi) is 42.7. The van der Waals surface area contributed by atoms with Gasteiger partial charge in [-0.05, 0) is 104 Å². The van der Waals surface area contributed by atoms with Crippen LogP contribution in [0.5, 0.6) is 0 Å². The fourth-order valence-electron chi connectivity index (χ4n) is 8.10. The summed E-state index contributed by atoms with van der Waals surface area (Å²) in [6, 6.07) is 0.419. The van der Waals surface area contributed by atoms with E-state index in [1.54, 1.807) is 0 Å². The van der Waals surface area contributed by atoms with Crippen molar-refractivity contribution in [3.63, 3.8) is 0 Å². The molecular formula is C52H100N2O. The van der Waals surface area contributed by atoms with E-state index in [1.807, 2.05) is 0 Å². The summed E-state index contributed by atoms with van der Waals surface area (Å²) in [6.07, 6.45) is 58.7. The van der Waals surface area contributed by atoms with Crippen LogP contribution in [-0.2, 0) is 4.79 Å². The Morgan fingerprint density at radius 2 is 0.800 bits per heavy atom. The van der Waals surface area contributed by atoms with Crippen molar-refractivity contribution in [3.05, 3.63) is 36.5 Å². The number of carbonyl (C=O) groups excluding carboxylic acids is 1. The van der Waals surface area contributed by atoms with Crippen LogP contribution in [0.2, 0.25) is 0 Å². The van der Waals surface area contributed by atoms with Gasteiger partial charge in [-0.25, -0.2) is 0 Å². The van der Waals surface area contributed by atoms with Crippen molar-refractivity contribution in [1.29, 1.82) is 0 Å². The first kappa shape index (κ1) is 53.6. The van der Waals surface area contributed by atoms with Gasteiger partial charge in [-0.1, -0.05) is 205 Å². The Morgan fingerprint density at radius 3 is 1.27 bits per heavy atom. The highest BCUT2D eigenvalue weighted by atomic mass is 16.2. The quantitative estimate of drug-likeness (QED) is 0.0456. The lowest BCUT2D eigenvalue weighted by atomic mass is 9.91. The van der Waals surface area contributed by atoms with Crippen molar-refractivity contribution in [2.24, 2.45) is 5.92 Å². The van der Waals surface area contributed by atoms with Gasteiger partial charge >= 0.3 is 0 Å². The molecular weight excluding hydrogens is 669 g/mol. The molecule has 0 aliphatic rings. The molecule has 2 atom stereocenters. The third kappa shape index (κ3) is 36.7. The van der Waals surface area contributed by atoms with Gasteiger partial charge in [0.2, 0.25) is 5.91 Å². The average molecular weight is 769 g/mol. The molecule has 0 aliphatic carbocycles. The fourth-order valence-corrected chi connectivity index (χ4v) is 8.10. The van der Waals surface area contributed by atoms with E-state index in [0.717, 1.165) is 45.2 Å². The highest BCUT2D eigenvalue weighted by molar-refractivity contribution is 5.79. The number of rotatable bonds is 43. The lowest BCUT2D eigenvalue weighted by Crippen LogP contribution is -2.45. The summed E-state index contributed by atoms with van der Waals surface area (Å²) in [5.74, 6) is 0.747. The van der Waals surface area contributed by atoms with Crippen LogP contribution in [0, 0.1) is 5.92 Å². The van der Waals surface area contributed by atoms with Gasteiger partial charge in [-0.15, -0.1) is 0 Å². The van der Waals surface area contributed by atoms with Gasteiger partial charge in [-0.3, -0.25) is 4.79 Å². The van der Waals surface area contributed by atoms with Crippen molar-refractivity contribution in [3.8, 4) is 0 Å². The lowest BCUT2D eigenvalue weighted by molar-refractivity contribution is -0.139. The maximum Gasteiger partial charge on any atom is 0.225 e. The average Bonchev–Trinajstić information content (AvgIpc) is 3.18. The second-order valence-electron chi connectivity index (χ2n) is 17.4. The Hall–Kier alpha value is -1.35. The molecule has 2 unspecified atom stereocenters. The molecule has 0 rings (SSSR count). The fraction of sp³-hybridized carbons (Fsp3) is 0.865. The van der Waals surface area contributed by atoms with Gasteiger partial charge in [0.1, 0.15) is 0 Å². The molecule has 0 aromatic rings. The molecule has 0 saturated heterocycles. The lowest BCUT2D eigenvalue weighted by Gasteiger charge is -2.36. The molecule has 0 N–H and O–H groups in total. The molecule has 324 valence electrons. The zero-order chi connectivity index (χ0) is 40.3. The van der Waals surface area contributed by atoms with Crippen molar-refractivity contribution >= 4 is 5.91 Å². The third-order valence-corrected chi connectivity index (χ3v) is 11.7. The minimum Gasteiger partial charge on any atom is -0.339 e. The van der Waals surface area contributed by atoms with Gasteiger partial charge < -0.3 is 9.80 Å². The first-order valence-electron chi connectivity index (χ1n) is 24.9. The minimum absolute atomic E-state index is 0.225. The van der Waals surface area contributed by atoms with Crippen LogP contribution in [0.3, 0.4) is 0 Å². The summed E-state index contributed by atoms with van der Waals surface area (Å²) in [4.78, 5) is 19.5. The summed E-state index contributed by atoms with van der Waals surface area (Å²) < 4.78 is 0. The molecule has 0 heterocycles. The number of carbonyl (C=O) groups is 1. The molecule has 0 spiro atoms. The van der Waals surface area contributed by atoms with Crippen LogP contribution in [0.1, 0.15) is 252 Å². The monoisotopic (exact) mass is 769 g/mol. The largest absolute Gasteiger partial charge is 0.339 e. The summed E-state index contributed by atoms with van der Waals surface area (Å²) in [6.45, 7) is 11.1. The number of allylic oxidation sites excluding steroid dienone is 6. The first-order valence-corrected chi connectivity index (χ1v) is 24.9. The Bertz CT molecular complexity index is 860. The van der Waals surface area contributed by atoms with Crippen molar-refractivity contribution in [1.82, 2.24) is 9.80 Å². The zero-order valence-electron chi connectivity index (χ0n) is 38.6. The van der Waals surface area contributed by atoms with Crippen LogP contribution in [0.15, 0.2) is 36.5 Å². The number of amides is 1. The highest BCUT2D eigenvalue weighted by Crippen LogP contribution is 2.26. The van der Waals surface area contributed by atoms with E-state index in [4.69, 9.17) is 0 Å². The second-order valence-corrected chi connectivity index (χ2v) is 17.4. The van der Waals surface area contributed by atoms with Gasteiger partial charge in [0.15, 0.2) is 0 Å². The van der Waals surface area contributed by atoms with E-state index in [9.17, 15) is 4.79 Å². The molecule has 0 aromatic heterocycles. The van der Waals surface area contributed by atoms with Gasteiger partial charge in [0.25, 0.3) is 0 Å². The Balaban J connectivity index is 5.34. The van der Waals surface area contributed by atoms with Gasteiger partial charge in [0.05, 0.1) is 0 Å². The topological polar surface area (TPSA) is 23.6 Å². The van der Waals surface area contributed by atoms with Crippen LogP contribution in [0.4, 0.5) is 0 Å². The zero-order valence-corrected chi connectivity index (χ0v) is 38.6. The van der Waals surface area contributed by atoms with Crippen LogP contribution >= 0.6 is 0 Å². The maximum absolute atomic E-state index is 14.7. The highest BCUT2D eigenvalue weighted by Gasteiger charge is 2.29. The SMILES string of the molecule is CC/C=C\CCCCCCCCC(CCCCCCCC/C=C\C/C=C\CCCCC)N(CCCN(C)C)C(=O)C(CCCCCC)CCCCCCCC. The Morgan fingerprint density at radius 1 is 0.418 bits per heavy atom. The van der Waals surface area contributed by atoms with E-state index in [-0.39, 0.29) is 5.92 Å². The van der Waals surface area contributed by atoms with Gasteiger partial charge in [0, 0.05) is 18.5 Å². The maximum atomic E-state index is 14.7. The summed E-state index contributed by atoms with van der Waals surface area (Å²) in [5.41, 5.74) is 0. The van der Waals surface area contributed by atoms with Crippen molar-refractivity contribution in [2.45, 2.75) is 258 Å². The predicted octanol–water partition coefficient (Wildman–Crippen LogP) is 16.8. The first-order chi connectivity index (χ1) is 27.0. The number of nitrogens with zero attached hydrogens (tertiary/aromatic N) is 2. The van der Waals surface area contributed by atoms with E-state index < -0.39 is 0 Å². The molecule has 0 saturated carbocycles. The number of unbranched alkanes of at least 4 members (excludes halogenated alkanes) is 23. The number of hydrogen-bond donors (Lipinski definition) is 0. The van der Waals surface area contributed by atoms with E-state index >= 15 is 0 Å². The minimum atomic E-state index is 0.225. The van der Waals surface area contributed by atoms with Crippen molar-refractivity contribution < 1.29 is 4.79 Å². The third-order valence-electron chi connectivity index (χ3n) is 11.7. The van der Waals surface area contributed by atoms with Crippen LogP contribution < -0.4 is 0 Å². The standard InChI is InChI=1S/C52H100N2O/c1-7-11-15-19-22-24-26-27-28-29-30-31-33-35-38-42-47-51(46-41-37-34-32-25-23-20-16-12-8-2)54(49-43-48-53(5)6)52(55)50(44-39-18-14-10-4)45-40-36-21-17-13-9-3/h12,16,22,24,27-28,50-51H,7-11,13-15,17-21,23,25-26,29-49H2,1-6H3/b16-12-,24-22-,28-27-. The smallest absolute Gasteiger partial charge is 0.225 e. The molecule has 0 bridgehead atoms. The molecule has 3 heteroatoms. The molecule has 0 radical (unpaired) electrons. The van der Waals surface area contributed by atoms with E-state index in [0.29, 0.717) is 11.9 Å². The summed E-state index contributed by atoms with van der Waals surface area (Å²) >= 11 is 0.